The van der Waals surface area contributed by atoms with Gasteiger partial charge in [0.25, 0.3) is 5.91 Å². The molecule has 0 saturated carbocycles. The van der Waals surface area contributed by atoms with Gasteiger partial charge in [-0.2, -0.15) is 13.2 Å². The molecule has 0 aliphatic heterocycles. The van der Waals surface area contributed by atoms with E-state index in [0.717, 1.165) is 0 Å². The topological polar surface area (TPSA) is 161 Å². The number of ether oxygens (including phenoxy) is 4. The van der Waals surface area contributed by atoms with Crippen molar-refractivity contribution in [1.29, 1.82) is 0 Å². The molecule has 35 heavy (non-hydrogen) atoms. The van der Waals surface area contributed by atoms with Crippen LogP contribution < -0.4 is 10.2 Å². The van der Waals surface area contributed by atoms with Gasteiger partial charge in [-0.05, 0) is 37.6 Å². The lowest BCUT2D eigenvalue weighted by Gasteiger charge is -2.22. The highest BCUT2D eigenvalue weighted by Crippen LogP contribution is 2.18. The van der Waals surface area contributed by atoms with E-state index in [-0.39, 0.29) is 56.1 Å². The number of hydrogen-bond acceptors (Lipinski definition) is 9. The van der Waals surface area contributed by atoms with Crippen molar-refractivity contribution < 1.29 is 51.3 Å². The average Bonchev–Trinajstić information content (AvgIpc) is 2.81. The Bertz CT molecular complexity index is 895. The number of hydroxylamine groups is 1. The highest BCUT2D eigenvalue weighted by Gasteiger charge is 2.41. The number of rotatable bonds is 14. The zero-order valence-corrected chi connectivity index (χ0v) is 18.8. The van der Waals surface area contributed by atoms with Crippen molar-refractivity contribution in [3.8, 4) is 5.75 Å². The van der Waals surface area contributed by atoms with Crippen LogP contribution in [0.25, 0.3) is 10.4 Å². The summed E-state index contributed by atoms with van der Waals surface area (Å²) in [6.07, 6.45) is -6.34. The number of halogens is 3. The van der Waals surface area contributed by atoms with Crippen LogP contribution in [0.15, 0.2) is 29.4 Å². The summed E-state index contributed by atoms with van der Waals surface area (Å²) in [5, 5.41) is 3.47. The molecule has 194 valence electrons. The van der Waals surface area contributed by atoms with E-state index in [4.69, 9.17) is 24.6 Å². The van der Waals surface area contributed by atoms with Crippen LogP contribution in [0.5, 0.6) is 5.75 Å². The van der Waals surface area contributed by atoms with Crippen molar-refractivity contribution in [3.05, 3.63) is 40.3 Å². The Morgan fingerprint density at radius 3 is 2.57 bits per heavy atom. The SMILES string of the molecule is CCOC(=O)COCCOC(COc1cccc(C(=O)N(NC(=O)C(F)(F)F)OCC)c1)N=[N+]=[N-]. The Balaban J connectivity index is 2.70. The number of carbonyl (C=O) groups is 3. The van der Waals surface area contributed by atoms with Crippen LogP contribution >= 0.6 is 0 Å². The van der Waals surface area contributed by atoms with Gasteiger partial charge in [-0.3, -0.25) is 14.4 Å². The predicted molar refractivity (Wildman–Crippen MR) is 110 cm³/mol. The molecular formula is C19H24F3N5O8. The molecule has 0 saturated heterocycles. The Kier molecular flexibility index (Phi) is 12.9. The second-order valence-corrected chi connectivity index (χ2v) is 6.18. The van der Waals surface area contributed by atoms with E-state index in [1.54, 1.807) is 6.92 Å². The summed E-state index contributed by atoms with van der Waals surface area (Å²) in [4.78, 5) is 42.3. The number of alkyl halides is 3. The average molecular weight is 507 g/mol. The standard InChI is InChI=1S/C19H24F3N5O8/c1-3-32-16(28)12-31-8-9-33-15(24-26-23)11-34-14-7-5-6-13(10-14)17(29)27(35-4-2)25-18(30)19(20,21)22/h5-7,10,15H,3-4,8-9,11-12H2,1-2H3,(H,25,30). The highest BCUT2D eigenvalue weighted by molar-refractivity contribution is 5.95. The summed E-state index contributed by atoms with van der Waals surface area (Å²) >= 11 is 0. The highest BCUT2D eigenvalue weighted by atomic mass is 19.4. The summed E-state index contributed by atoms with van der Waals surface area (Å²) in [5.74, 6) is -3.96. The first kappa shape index (κ1) is 29.4. The van der Waals surface area contributed by atoms with Gasteiger partial charge in [-0.25, -0.2) is 10.2 Å². The molecular weight excluding hydrogens is 483 g/mol. The lowest BCUT2D eigenvalue weighted by atomic mass is 10.2. The molecule has 1 atom stereocenters. The molecule has 0 spiro atoms. The molecule has 16 heteroatoms. The van der Waals surface area contributed by atoms with E-state index >= 15 is 0 Å². The molecule has 0 aromatic heterocycles. The minimum absolute atomic E-state index is 0.00282. The molecule has 1 N–H and O–H groups in total. The van der Waals surface area contributed by atoms with E-state index in [1.807, 2.05) is 0 Å². The van der Waals surface area contributed by atoms with Crippen molar-refractivity contribution in [2.75, 3.05) is 39.6 Å². The van der Waals surface area contributed by atoms with E-state index in [9.17, 15) is 27.6 Å². The van der Waals surface area contributed by atoms with Gasteiger partial charge in [0, 0.05) is 10.5 Å². The fourth-order valence-corrected chi connectivity index (χ4v) is 2.20. The van der Waals surface area contributed by atoms with E-state index in [0.29, 0.717) is 0 Å². The fourth-order valence-electron chi connectivity index (χ4n) is 2.20. The fraction of sp³-hybridized carbons (Fsp3) is 0.526. The quantitative estimate of drug-likeness (QED) is 0.100. The molecule has 1 rings (SSSR count). The van der Waals surface area contributed by atoms with Crippen molar-refractivity contribution in [1.82, 2.24) is 10.6 Å². The smallest absolute Gasteiger partial charge is 0.473 e. The number of nitrogens with zero attached hydrogens (tertiary/aromatic N) is 4. The van der Waals surface area contributed by atoms with Crippen molar-refractivity contribution in [2.24, 2.45) is 5.11 Å². The largest absolute Gasteiger partial charge is 0.491 e. The third-order valence-corrected chi connectivity index (χ3v) is 3.62. The Hall–Kier alpha value is -3.59. The predicted octanol–water partition coefficient (Wildman–Crippen LogP) is 2.29. The third-order valence-electron chi connectivity index (χ3n) is 3.62. The van der Waals surface area contributed by atoms with E-state index in [2.05, 4.69) is 14.8 Å². The number of esters is 1. The number of azide groups is 1. The second-order valence-electron chi connectivity index (χ2n) is 6.18. The van der Waals surface area contributed by atoms with Crippen LogP contribution in [0.1, 0.15) is 24.2 Å². The monoisotopic (exact) mass is 507 g/mol. The normalized spacial score (nSPS) is 11.7. The molecule has 1 aromatic rings. The first-order chi connectivity index (χ1) is 16.6. The molecule has 13 nitrogen and oxygen atoms in total. The van der Waals surface area contributed by atoms with Crippen LogP contribution in [0.4, 0.5) is 13.2 Å². The second kappa shape index (κ2) is 15.3. The molecule has 0 radical (unpaired) electrons. The van der Waals surface area contributed by atoms with Crippen molar-refractivity contribution >= 4 is 17.8 Å². The molecule has 0 aliphatic rings. The van der Waals surface area contributed by atoms with Crippen LogP contribution in [0.3, 0.4) is 0 Å². The number of hydrazine groups is 1. The number of amides is 2. The maximum Gasteiger partial charge on any atom is 0.473 e. The third kappa shape index (κ3) is 11.4. The number of nitrogens with one attached hydrogen (secondary N) is 1. The molecule has 0 bridgehead atoms. The number of hydrogen-bond donors (Lipinski definition) is 1. The van der Waals surface area contributed by atoms with Crippen LogP contribution in [-0.4, -0.2) is 75.0 Å². The van der Waals surface area contributed by atoms with Gasteiger partial charge in [0.15, 0.2) is 6.23 Å². The minimum Gasteiger partial charge on any atom is -0.491 e. The summed E-state index contributed by atoms with van der Waals surface area (Å²) in [7, 11) is 0. The van der Waals surface area contributed by atoms with Gasteiger partial charge in [-0.1, -0.05) is 11.2 Å². The van der Waals surface area contributed by atoms with Gasteiger partial charge in [-0.15, -0.1) is 5.17 Å². The van der Waals surface area contributed by atoms with Crippen molar-refractivity contribution in [2.45, 2.75) is 26.3 Å². The minimum atomic E-state index is -5.24. The first-order valence-electron chi connectivity index (χ1n) is 10.1. The molecule has 2 amide bonds. The Labute approximate surface area is 197 Å². The van der Waals surface area contributed by atoms with Gasteiger partial charge in [0.2, 0.25) is 0 Å². The molecule has 0 aliphatic carbocycles. The number of benzene rings is 1. The maximum absolute atomic E-state index is 12.5. The summed E-state index contributed by atoms with van der Waals surface area (Å²) in [6, 6.07) is 5.21. The lowest BCUT2D eigenvalue weighted by molar-refractivity contribution is -0.201. The van der Waals surface area contributed by atoms with Gasteiger partial charge < -0.3 is 18.9 Å². The van der Waals surface area contributed by atoms with Crippen LogP contribution in [0.2, 0.25) is 0 Å². The van der Waals surface area contributed by atoms with Crippen molar-refractivity contribution in [3.63, 3.8) is 0 Å². The van der Waals surface area contributed by atoms with Gasteiger partial charge >= 0.3 is 18.1 Å². The Morgan fingerprint density at radius 1 is 1.20 bits per heavy atom. The van der Waals surface area contributed by atoms with E-state index < -0.39 is 30.2 Å². The van der Waals surface area contributed by atoms with E-state index in [1.165, 1.54) is 36.6 Å². The zero-order valence-electron chi connectivity index (χ0n) is 18.8. The van der Waals surface area contributed by atoms with Crippen LogP contribution in [-0.2, 0) is 28.6 Å². The lowest BCUT2D eigenvalue weighted by Crippen LogP contribution is -2.50. The first-order valence-corrected chi connectivity index (χ1v) is 10.1. The maximum atomic E-state index is 12.5. The van der Waals surface area contributed by atoms with Gasteiger partial charge in [0.05, 0.1) is 26.4 Å². The summed E-state index contributed by atoms with van der Waals surface area (Å²) in [5.41, 5.74) is 9.83. The van der Waals surface area contributed by atoms with Crippen LogP contribution in [0, 0.1) is 0 Å². The molecule has 1 unspecified atom stereocenters. The zero-order chi connectivity index (χ0) is 26.3. The molecule has 0 heterocycles. The Morgan fingerprint density at radius 2 is 1.94 bits per heavy atom. The summed E-state index contributed by atoms with van der Waals surface area (Å²) < 4.78 is 58.0. The van der Waals surface area contributed by atoms with Gasteiger partial charge in [0.1, 0.15) is 19.0 Å². The number of carbonyl (C=O) groups excluding carboxylic acids is 3. The molecule has 1 aromatic carbocycles. The molecule has 0 fully saturated rings. The summed E-state index contributed by atoms with van der Waals surface area (Å²) in [6.45, 7) is 2.43.